The molecular weight excluding hydrogens is 412 g/mol. The van der Waals surface area contributed by atoms with Crippen LogP contribution in [0.25, 0.3) is 0 Å². The number of hydrogen-bond acceptors (Lipinski definition) is 8. The lowest BCUT2D eigenvalue weighted by atomic mass is 9.95. The van der Waals surface area contributed by atoms with Crippen molar-refractivity contribution in [3.05, 3.63) is 34.4 Å². The molecule has 0 aliphatic carbocycles. The van der Waals surface area contributed by atoms with E-state index < -0.39 is 16.9 Å². The van der Waals surface area contributed by atoms with Gasteiger partial charge in [0.25, 0.3) is 0 Å². The number of carboxylic acids is 2. The minimum absolute atomic E-state index is 0. The lowest BCUT2D eigenvalue weighted by molar-refractivity contribution is -0.385. The Bertz CT molecular complexity index is 610. The van der Waals surface area contributed by atoms with Crippen LogP contribution >= 0.6 is 0 Å². The molecular formula is C20H36N2O9. The topological polar surface area (TPSA) is 213 Å². The molecule has 11 nitrogen and oxygen atoms in total. The molecule has 8 N–H and O–H groups in total. The SMILES string of the molecule is CCCCC(CCCCCC(=O)O)C(=O)O.N.O=[N+]([O-])c1ccccc1O.OCCO. The predicted molar refractivity (Wildman–Crippen MR) is 115 cm³/mol. The number of benzene rings is 1. The Balaban J connectivity index is -0.000000444. The summed E-state index contributed by atoms with van der Waals surface area (Å²) in [6.45, 7) is 1.80. The standard InChI is InChI=1S/C12H22O4.C6H5NO3.C2H6O2.H3N/c1-2-3-7-10(12(15)16)8-5-4-6-9-11(13)14;8-6-4-2-1-3-5(6)7(9)10;3-1-2-4;/h10H,2-9H2,1H3,(H,13,14)(H,15,16);1-4,8H;3-4H,1-2H2;1H3. The second-order valence-corrected chi connectivity index (χ2v) is 6.36. The van der Waals surface area contributed by atoms with Gasteiger partial charge in [0.15, 0.2) is 5.75 Å². The van der Waals surface area contributed by atoms with Gasteiger partial charge < -0.3 is 31.7 Å². The number of aliphatic carboxylic acids is 2. The maximum Gasteiger partial charge on any atom is 0.310 e. The summed E-state index contributed by atoms with van der Waals surface area (Å²) in [5, 5.41) is 51.5. The number of phenolic OH excluding ortho intramolecular Hbond substituents is 1. The highest BCUT2D eigenvalue weighted by atomic mass is 16.6. The number of nitrogens with zero attached hydrogens (tertiary/aromatic N) is 1. The zero-order chi connectivity index (χ0) is 23.4. The van der Waals surface area contributed by atoms with E-state index in [-0.39, 0.29) is 43.1 Å². The normalized spacial score (nSPS) is 10.3. The van der Waals surface area contributed by atoms with Gasteiger partial charge >= 0.3 is 17.6 Å². The number of carboxylic acid groups (broad SMARTS) is 2. The summed E-state index contributed by atoms with van der Waals surface area (Å²) in [7, 11) is 0. The molecule has 0 aliphatic heterocycles. The fourth-order valence-corrected chi connectivity index (χ4v) is 2.30. The average molecular weight is 449 g/mol. The molecule has 1 atom stereocenters. The predicted octanol–water partition coefficient (Wildman–Crippen LogP) is 3.35. The highest BCUT2D eigenvalue weighted by Crippen LogP contribution is 2.23. The summed E-state index contributed by atoms with van der Waals surface area (Å²) >= 11 is 0. The first-order chi connectivity index (χ1) is 14.2. The smallest absolute Gasteiger partial charge is 0.310 e. The molecule has 11 heteroatoms. The number of nitro benzene ring substituents is 1. The van der Waals surface area contributed by atoms with Gasteiger partial charge in [0.1, 0.15) is 0 Å². The molecule has 0 radical (unpaired) electrons. The van der Waals surface area contributed by atoms with Crippen molar-refractivity contribution in [1.82, 2.24) is 6.15 Å². The van der Waals surface area contributed by atoms with E-state index in [1.807, 2.05) is 6.92 Å². The van der Waals surface area contributed by atoms with Gasteiger partial charge in [0.05, 0.1) is 24.1 Å². The summed E-state index contributed by atoms with van der Waals surface area (Å²) in [6.07, 6.45) is 5.84. The molecule has 1 aromatic rings. The molecule has 180 valence electrons. The largest absolute Gasteiger partial charge is 0.502 e. The Hall–Kier alpha value is -2.76. The van der Waals surface area contributed by atoms with E-state index in [1.165, 1.54) is 24.3 Å². The highest BCUT2D eigenvalue weighted by molar-refractivity contribution is 5.69. The van der Waals surface area contributed by atoms with Crippen molar-refractivity contribution in [2.75, 3.05) is 13.2 Å². The van der Waals surface area contributed by atoms with Gasteiger partial charge in [-0.3, -0.25) is 19.7 Å². The van der Waals surface area contributed by atoms with Gasteiger partial charge in [-0.1, -0.05) is 44.7 Å². The van der Waals surface area contributed by atoms with E-state index in [0.29, 0.717) is 12.8 Å². The molecule has 1 unspecified atom stereocenters. The number of hydrogen-bond donors (Lipinski definition) is 6. The van der Waals surface area contributed by atoms with Crippen molar-refractivity contribution >= 4 is 17.6 Å². The molecule has 0 spiro atoms. The van der Waals surface area contributed by atoms with Gasteiger partial charge in [-0.15, -0.1) is 0 Å². The first kappa shape index (κ1) is 32.9. The molecule has 31 heavy (non-hydrogen) atoms. The zero-order valence-corrected chi connectivity index (χ0v) is 18.0. The fourth-order valence-electron chi connectivity index (χ4n) is 2.30. The molecule has 1 rings (SSSR count). The number of aromatic hydroxyl groups is 1. The summed E-state index contributed by atoms with van der Waals surface area (Å²) in [5.41, 5.74) is -0.262. The second kappa shape index (κ2) is 21.9. The van der Waals surface area contributed by atoms with Crippen molar-refractivity contribution in [1.29, 1.82) is 0 Å². The van der Waals surface area contributed by atoms with E-state index in [1.54, 1.807) is 0 Å². The number of aliphatic hydroxyl groups is 2. The molecule has 0 amide bonds. The summed E-state index contributed by atoms with van der Waals surface area (Å²) in [5.74, 6) is -2.04. The summed E-state index contributed by atoms with van der Waals surface area (Å²) in [4.78, 5) is 30.6. The first-order valence-electron chi connectivity index (χ1n) is 9.79. The molecule has 0 fully saturated rings. The van der Waals surface area contributed by atoms with Gasteiger partial charge in [-0.05, 0) is 25.3 Å². The van der Waals surface area contributed by atoms with Crippen LogP contribution in [-0.4, -0.2) is 55.6 Å². The van der Waals surface area contributed by atoms with Crippen LogP contribution in [0.15, 0.2) is 24.3 Å². The third-order valence-corrected chi connectivity index (χ3v) is 3.88. The lowest BCUT2D eigenvalue weighted by Crippen LogP contribution is -2.13. The molecule has 0 bridgehead atoms. The van der Waals surface area contributed by atoms with Crippen molar-refractivity contribution in [3.63, 3.8) is 0 Å². The van der Waals surface area contributed by atoms with Crippen LogP contribution in [0.2, 0.25) is 0 Å². The minimum atomic E-state index is -0.777. The average Bonchev–Trinajstić information content (AvgIpc) is 2.70. The van der Waals surface area contributed by atoms with Crippen molar-refractivity contribution < 1.29 is 40.0 Å². The molecule has 0 saturated carbocycles. The molecule has 0 saturated heterocycles. The summed E-state index contributed by atoms with van der Waals surface area (Å²) < 4.78 is 0. The third kappa shape index (κ3) is 20.3. The zero-order valence-electron chi connectivity index (χ0n) is 18.0. The van der Waals surface area contributed by atoms with Crippen molar-refractivity contribution in [2.24, 2.45) is 5.92 Å². The Labute approximate surface area is 182 Å². The van der Waals surface area contributed by atoms with Gasteiger partial charge in [0.2, 0.25) is 0 Å². The van der Waals surface area contributed by atoms with E-state index >= 15 is 0 Å². The number of carbonyl (C=O) groups is 2. The second-order valence-electron chi connectivity index (χ2n) is 6.36. The maximum atomic E-state index is 10.9. The van der Waals surface area contributed by atoms with Crippen molar-refractivity contribution in [3.8, 4) is 5.75 Å². The molecule has 0 aromatic heterocycles. The minimum Gasteiger partial charge on any atom is -0.502 e. The number of para-hydroxylation sites is 2. The molecule has 0 aliphatic rings. The van der Waals surface area contributed by atoms with Crippen LogP contribution in [-0.2, 0) is 9.59 Å². The molecule has 1 aromatic carbocycles. The number of nitro groups is 1. The van der Waals surface area contributed by atoms with Crippen LogP contribution in [0, 0.1) is 16.0 Å². The van der Waals surface area contributed by atoms with E-state index in [4.69, 9.17) is 25.5 Å². The highest BCUT2D eigenvalue weighted by Gasteiger charge is 2.15. The van der Waals surface area contributed by atoms with E-state index in [2.05, 4.69) is 0 Å². The monoisotopic (exact) mass is 448 g/mol. The van der Waals surface area contributed by atoms with Crippen LogP contribution in [0.3, 0.4) is 0 Å². The van der Waals surface area contributed by atoms with Crippen LogP contribution in [0.1, 0.15) is 58.3 Å². The quantitative estimate of drug-likeness (QED) is 0.156. The molecule has 0 heterocycles. The Morgan fingerprint density at radius 3 is 1.94 bits per heavy atom. The number of phenols is 1. The van der Waals surface area contributed by atoms with Gasteiger partial charge in [0, 0.05) is 12.5 Å². The fraction of sp³-hybridized carbons (Fsp3) is 0.600. The van der Waals surface area contributed by atoms with Crippen LogP contribution in [0.5, 0.6) is 5.75 Å². The first-order valence-corrected chi connectivity index (χ1v) is 9.79. The van der Waals surface area contributed by atoms with E-state index in [9.17, 15) is 19.7 Å². The number of rotatable bonds is 12. The lowest BCUT2D eigenvalue weighted by Gasteiger charge is -2.10. The van der Waals surface area contributed by atoms with Crippen LogP contribution < -0.4 is 6.15 Å². The summed E-state index contributed by atoms with van der Waals surface area (Å²) in [6, 6.07) is 5.55. The van der Waals surface area contributed by atoms with Crippen molar-refractivity contribution in [2.45, 2.75) is 58.3 Å². The Morgan fingerprint density at radius 1 is 1.00 bits per heavy atom. The number of aliphatic hydroxyl groups excluding tert-OH is 2. The third-order valence-electron chi connectivity index (χ3n) is 3.88. The Morgan fingerprint density at radius 2 is 1.55 bits per heavy atom. The van der Waals surface area contributed by atoms with E-state index in [0.717, 1.165) is 32.1 Å². The van der Waals surface area contributed by atoms with Gasteiger partial charge in [-0.25, -0.2) is 0 Å². The Kier molecular flexibility index (Phi) is 23.3. The maximum absolute atomic E-state index is 10.9. The number of unbranched alkanes of at least 4 members (excludes halogenated alkanes) is 3. The van der Waals surface area contributed by atoms with Crippen LogP contribution in [0.4, 0.5) is 5.69 Å². The van der Waals surface area contributed by atoms with Gasteiger partial charge in [-0.2, -0.15) is 0 Å².